The average Bonchev–Trinajstić information content (AvgIpc) is 3.21. The van der Waals surface area contributed by atoms with E-state index < -0.39 is 5.97 Å². The summed E-state index contributed by atoms with van der Waals surface area (Å²) in [6.07, 6.45) is 2.91. The summed E-state index contributed by atoms with van der Waals surface area (Å²) in [5.74, 6) is -1.50. The Hall–Kier alpha value is -4.37. The fourth-order valence-corrected chi connectivity index (χ4v) is 4.55. The topological polar surface area (TPSA) is 105 Å². The van der Waals surface area contributed by atoms with E-state index in [2.05, 4.69) is 9.88 Å². The summed E-state index contributed by atoms with van der Waals surface area (Å²) in [6, 6.07) is 16.4. The molecule has 4 heterocycles. The Kier molecular flexibility index (Phi) is 5.11. The molecule has 0 aliphatic carbocycles. The molecule has 0 atom stereocenters. The summed E-state index contributed by atoms with van der Waals surface area (Å²) in [4.78, 5) is 33.8. The second kappa shape index (κ2) is 8.44. The normalized spacial score (nSPS) is 15.5. The third kappa shape index (κ3) is 3.57. The van der Waals surface area contributed by atoms with E-state index in [0.29, 0.717) is 43.3 Å². The Labute approximate surface area is 200 Å². The van der Waals surface area contributed by atoms with Crippen molar-refractivity contribution in [3.63, 3.8) is 0 Å². The lowest BCUT2D eigenvalue weighted by atomic mass is 10.1. The fraction of sp³-hybridized carbons (Fsp3) is 0.192. The molecule has 9 nitrogen and oxygen atoms in total. The molecule has 1 fully saturated rings. The minimum absolute atomic E-state index is 0.0995. The maximum absolute atomic E-state index is 13.7. The van der Waals surface area contributed by atoms with Gasteiger partial charge in [0.1, 0.15) is 16.9 Å². The number of nitrogens with zero attached hydrogens (tertiary/aromatic N) is 3. The summed E-state index contributed by atoms with van der Waals surface area (Å²) >= 11 is 0. The van der Waals surface area contributed by atoms with Crippen LogP contribution in [0.5, 0.6) is 11.7 Å². The molecule has 2 aliphatic rings. The molecule has 4 aromatic rings. The molecular formula is C26H21N3O6. The van der Waals surface area contributed by atoms with Gasteiger partial charge in [-0.15, -0.1) is 0 Å². The van der Waals surface area contributed by atoms with E-state index in [1.165, 1.54) is 18.5 Å². The van der Waals surface area contributed by atoms with Crippen LogP contribution in [0.1, 0.15) is 20.7 Å². The summed E-state index contributed by atoms with van der Waals surface area (Å²) < 4.78 is 17.0. The summed E-state index contributed by atoms with van der Waals surface area (Å²) in [7, 11) is 0. The first-order valence-electron chi connectivity index (χ1n) is 11.2. The van der Waals surface area contributed by atoms with Crippen molar-refractivity contribution in [2.24, 2.45) is 0 Å². The van der Waals surface area contributed by atoms with Gasteiger partial charge < -0.3 is 28.8 Å². The van der Waals surface area contributed by atoms with Crippen LogP contribution in [0.15, 0.2) is 71.4 Å². The van der Waals surface area contributed by atoms with Crippen LogP contribution in [0.25, 0.3) is 11.0 Å². The number of aromatic carboxylic acids is 1. The van der Waals surface area contributed by atoms with Crippen molar-refractivity contribution in [3.05, 3.63) is 78.1 Å². The van der Waals surface area contributed by atoms with Crippen LogP contribution in [0, 0.1) is 0 Å². The molecule has 0 bridgehead atoms. The van der Waals surface area contributed by atoms with Gasteiger partial charge in [0, 0.05) is 36.9 Å². The smallest absolute Gasteiger partial charge is 0.343 e. The number of carbonyl (C=O) groups is 2. The number of ether oxygens (including phenoxy) is 2. The number of para-hydroxylation sites is 3. The lowest BCUT2D eigenvalue weighted by Crippen LogP contribution is -2.55. The highest BCUT2D eigenvalue weighted by Crippen LogP contribution is 2.39. The van der Waals surface area contributed by atoms with Crippen molar-refractivity contribution < 1.29 is 28.6 Å². The first-order chi connectivity index (χ1) is 17.1. The lowest BCUT2D eigenvalue weighted by Gasteiger charge is -2.44. The molecular weight excluding hydrogens is 450 g/mol. The van der Waals surface area contributed by atoms with Crippen LogP contribution < -0.4 is 14.5 Å². The number of anilines is 2. The van der Waals surface area contributed by atoms with Crippen LogP contribution in [-0.4, -0.2) is 54.3 Å². The fourth-order valence-electron chi connectivity index (χ4n) is 4.55. The van der Waals surface area contributed by atoms with E-state index in [9.17, 15) is 14.7 Å². The molecule has 176 valence electrons. The second-order valence-electron chi connectivity index (χ2n) is 8.37. The molecule has 0 radical (unpaired) electrons. The first-order valence-corrected chi connectivity index (χ1v) is 11.2. The largest absolute Gasteiger partial charge is 0.477 e. The minimum atomic E-state index is -1.18. The number of fused-ring (bicyclic) bond motifs is 2. The second-order valence-corrected chi connectivity index (χ2v) is 8.37. The molecule has 1 saturated heterocycles. The molecule has 1 amide bonds. The molecule has 35 heavy (non-hydrogen) atoms. The Balaban J connectivity index is 1.36. The van der Waals surface area contributed by atoms with Crippen molar-refractivity contribution in [2.45, 2.75) is 6.04 Å². The zero-order valence-electron chi connectivity index (χ0n) is 18.6. The number of aromatic nitrogens is 1. The van der Waals surface area contributed by atoms with E-state index in [0.717, 1.165) is 11.4 Å². The van der Waals surface area contributed by atoms with Gasteiger partial charge in [-0.05, 0) is 18.2 Å². The van der Waals surface area contributed by atoms with Gasteiger partial charge in [-0.1, -0.05) is 30.3 Å². The number of carboxylic acid groups (broad SMARTS) is 1. The van der Waals surface area contributed by atoms with Crippen molar-refractivity contribution >= 4 is 34.2 Å². The Bertz CT molecular complexity index is 1440. The maximum atomic E-state index is 13.7. The van der Waals surface area contributed by atoms with Crippen molar-refractivity contribution in [1.82, 2.24) is 4.98 Å². The van der Waals surface area contributed by atoms with E-state index in [1.807, 2.05) is 24.3 Å². The SMILES string of the molecule is O=C(O)c1c(Oc2ccncc2C(=O)N2CCN(C3COC3)c3ccccc32)oc2ccccc12. The number of rotatable bonds is 5. The summed E-state index contributed by atoms with van der Waals surface area (Å²) in [5, 5.41) is 10.2. The van der Waals surface area contributed by atoms with E-state index in [1.54, 1.807) is 29.2 Å². The molecule has 1 N–H and O–H groups in total. The number of benzene rings is 2. The highest BCUT2D eigenvalue weighted by molar-refractivity contribution is 6.10. The van der Waals surface area contributed by atoms with Gasteiger partial charge in [-0.25, -0.2) is 4.79 Å². The lowest BCUT2D eigenvalue weighted by molar-refractivity contribution is 0.00803. The third-order valence-electron chi connectivity index (χ3n) is 6.34. The van der Waals surface area contributed by atoms with Crippen molar-refractivity contribution in [2.75, 3.05) is 36.1 Å². The average molecular weight is 471 g/mol. The number of pyridine rings is 1. The molecule has 6 rings (SSSR count). The van der Waals surface area contributed by atoms with Gasteiger partial charge in [0.05, 0.1) is 30.6 Å². The number of hydrogen-bond acceptors (Lipinski definition) is 7. The summed E-state index contributed by atoms with van der Waals surface area (Å²) in [6.45, 7) is 2.49. The van der Waals surface area contributed by atoms with Crippen LogP contribution in [0.3, 0.4) is 0 Å². The molecule has 2 aromatic heterocycles. The van der Waals surface area contributed by atoms with Gasteiger partial charge in [-0.2, -0.15) is 0 Å². The number of furan rings is 1. The number of carbonyl (C=O) groups excluding carboxylic acids is 1. The number of carboxylic acids is 1. The Morgan fingerprint density at radius 1 is 1.00 bits per heavy atom. The minimum Gasteiger partial charge on any atom is -0.477 e. The summed E-state index contributed by atoms with van der Waals surface area (Å²) in [5.41, 5.74) is 2.25. The van der Waals surface area contributed by atoms with Gasteiger partial charge in [0.2, 0.25) is 0 Å². The first kappa shape index (κ1) is 21.2. The zero-order valence-corrected chi connectivity index (χ0v) is 18.6. The third-order valence-corrected chi connectivity index (χ3v) is 6.34. The van der Waals surface area contributed by atoms with Gasteiger partial charge in [0.25, 0.3) is 5.91 Å². The van der Waals surface area contributed by atoms with Crippen LogP contribution in [-0.2, 0) is 4.74 Å². The predicted octanol–water partition coefficient (Wildman–Crippen LogP) is 4.18. The molecule has 9 heteroatoms. The Morgan fingerprint density at radius 3 is 2.54 bits per heavy atom. The van der Waals surface area contributed by atoms with Crippen LogP contribution in [0.4, 0.5) is 11.4 Å². The molecule has 0 unspecified atom stereocenters. The van der Waals surface area contributed by atoms with Gasteiger partial charge in [0.15, 0.2) is 5.56 Å². The van der Waals surface area contributed by atoms with E-state index in [4.69, 9.17) is 13.9 Å². The Morgan fingerprint density at radius 2 is 1.77 bits per heavy atom. The molecule has 2 aliphatic heterocycles. The maximum Gasteiger partial charge on any atom is 0.343 e. The van der Waals surface area contributed by atoms with Crippen LogP contribution >= 0.6 is 0 Å². The van der Waals surface area contributed by atoms with Crippen molar-refractivity contribution in [3.8, 4) is 11.7 Å². The highest BCUT2D eigenvalue weighted by atomic mass is 16.6. The molecule has 2 aromatic carbocycles. The van der Waals surface area contributed by atoms with Crippen molar-refractivity contribution in [1.29, 1.82) is 0 Å². The molecule has 0 spiro atoms. The van der Waals surface area contributed by atoms with Gasteiger partial charge >= 0.3 is 11.9 Å². The predicted molar refractivity (Wildman–Crippen MR) is 128 cm³/mol. The van der Waals surface area contributed by atoms with Crippen LogP contribution in [0.2, 0.25) is 0 Å². The van der Waals surface area contributed by atoms with E-state index >= 15 is 0 Å². The number of amides is 1. The number of hydrogen-bond donors (Lipinski definition) is 1. The quantitative estimate of drug-likeness (QED) is 0.462. The highest BCUT2D eigenvalue weighted by Gasteiger charge is 2.35. The zero-order chi connectivity index (χ0) is 23.9. The molecule has 0 saturated carbocycles. The standard InChI is InChI=1S/C26H21N3O6/c30-24(29-12-11-28(16-14-33-15-16)19-6-2-3-7-20(19)29)18-13-27-10-9-22(18)35-26-23(25(31)32)17-5-1-4-8-21(17)34-26/h1-10,13,16H,11-12,14-15H2,(H,31,32). The monoisotopic (exact) mass is 471 g/mol. The van der Waals surface area contributed by atoms with Gasteiger partial charge in [-0.3, -0.25) is 9.78 Å². The van der Waals surface area contributed by atoms with E-state index in [-0.39, 0.29) is 28.7 Å².